The number of rotatable bonds is 2. The fraction of sp³-hybridized carbons (Fsp3) is 0.469. The SMILES string of the molecule is C/C1=C\[C@@H](C)C/C=C/C2[C@@H]3O[C@]3(C)[C@@H](C)[C@H]3[C@H](Cc4c[nH]c5ccccc45)NC(=O)[C@@]23C(=O)/C=C/C(=O)C1. The molecule has 2 aliphatic carbocycles. The molecule has 6 heteroatoms. The molecule has 1 amide bonds. The minimum absolute atomic E-state index is 0.0297. The molecule has 1 saturated carbocycles. The predicted octanol–water partition coefficient (Wildman–Crippen LogP) is 4.86. The zero-order chi connectivity index (χ0) is 26.8. The van der Waals surface area contributed by atoms with Crippen molar-refractivity contribution < 1.29 is 19.1 Å². The molecule has 6 rings (SSSR count). The summed E-state index contributed by atoms with van der Waals surface area (Å²) >= 11 is 0. The van der Waals surface area contributed by atoms with Crippen molar-refractivity contribution in [2.75, 3.05) is 0 Å². The zero-order valence-electron chi connectivity index (χ0n) is 22.5. The van der Waals surface area contributed by atoms with Gasteiger partial charge >= 0.3 is 0 Å². The van der Waals surface area contributed by atoms with Crippen molar-refractivity contribution in [3.05, 3.63) is 72.0 Å². The van der Waals surface area contributed by atoms with Crippen LogP contribution in [0.2, 0.25) is 0 Å². The number of hydrogen-bond donors (Lipinski definition) is 2. The number of carbonyl (C=O) groups is 3. The van der Waals surface area contributed by atoms with E-state index < -0.39 is 16.9 Å². The maximum absolute atomic E-state index is 14.2. The number of amides is 1. The van der Waals surface area contributed by atoms with E-state index in [1.165, 1.54) is 12.2 Å². The Bertz CT molecular complexity index is 1420. The van der Waals surface area contributed by atoms with Crippen LogP contribution >= 0.6 is 0 Å². The van der Waals surface area contributed by atoms with Gasteiger partial charge in [0, 0.05) is 41.4 Å². The molecule has 1 spiro atoms. The highest BCUT2D eigenvalue weighted by atomic mass is 16.6. The first-order chi connectivity index (χ1) is 18.2. The summed E-state index contributed by atoms with van der Waals surface area (Å²) in [6, 6.07) is 7.90. The van der Waals surface area contributed by atoms with Crippen LogP contribution in [0.1, 0.15) is 46.1 Å². The van der Waals surface area contributed by atoms with Crippen molar-refractivity contribution in [3.63, 3.8) is 0 Å². The number of aromatic amines is 1. The smallest absolute Gasteiger partial charge is 0.235 e. The van der Waals surface area contributed by atoms with Gasteiger partial charge in [0.1, 0.15) is 5.41 Å². The minimum atomic E-state index is -1.32. The lowest BCUT2D eigenvalue weighted by Gasteiger charge is -2.45. The van der Waals surface area contributed by atoms with Crippen LogP contribution in [0.3, 0.4) is 0 Å². The van der Waals surface area contributed by atoms with Crippen LogP contribution < -0.4 is 5.32 Å². The van der Waals surface area contributed by atoms with Crippen molar-refractivity contribution in [2.45, 2.75) is 64.7 Å². The van der Waals surface area contributed by atoms with E-state index in [9.17, 15) is 14.4 Å². The first-order valence-corrected chi connectivity index (χ1v) is 13.8. The number of allylic oxidation sites excluding steroid dienone is 5. The Hall–Kier alpha value is -3.25. The summed E-state index contributed by atoms with van der Waals surface area (Å²) < 4.78 is 6.35. The third-order valence-corrected chi connectivity index (χ3v) is 9.65. The number of ketones is 2. The number of benzene rings is 1. The largest absolute Gasteiger partial charge is 0.365 e. The van der Waals surface area contributed by atoms with Crippen LogP contribution in [0.25, 0.3) is 10.9 Å². The number of H-pyrrole nitrogens is 1. The van der Waals surface area contributed by atoms with Crippen LogP contribution in [-0.4, -0.2) is 40.2 Å². The summed E-state index contributed by atoms with van der Waals surface area (Å²) in [6.45, 7) is 8.31. The Morgan fingerprint density at radius 2 is 1.89 bits per heavy atom. The van der Waals surface area contributed by atoms with Crippen LogP contribution in [0.4, 0.5) is 0 Å². The molecular weight excluding hydrogens is 476 g/mol. The highest BCUT2D eigenvalue weighted by Crippen LogP contribution is 2.66. The lowest BCUT2D eigenvalue weighted by Crippen LogP contribution is -2.58. The Labute approximate surface area is 223 Å². The second-order valence-corrected chi connectivity index (χ2v) is 12.1. The quantitative estimate of drug-likeness (QED) is 0.342. The Kier molecular flexibility index (Phi) is 5.87. The maximum atomic E-state index is 14.2. The van der Waals surface area contributed by atoms with Gasteiger partial charge in [-0.1, -0.05) is 55.8 Å². The van der Waals surface area contributed by atoms with Gasteiger partial charge in [0.15, 0.2) is 11.6 Å². The van der Waals surface area contributed by atoms with Crippen LogP contribution in [0.5, 0.6) is 0 Å². The molecule has 6 nitrogen and oxygen atoms in total. The van der Waals surface area contributed by atoms with Crippen LogP contribution in [0.15, 0.2) is 66.4 Å². The van der Waals surface area contributed by atoms with Gasteiger partial charge < -0.3 is 15.0 Å². The molecule has 2 N–H and O–H groups in total. The first kappa shape index (κ1) is 25.1. The van der Waals surface area contributed by atoms with Crippen molar-refractivity contribution in [1.82, 2.24) is 10.3 Å². The lowest BCUT2D eigenvalue weighted by atomic mass is 9.51. The molecule has 1 aromatic carbocycles. The van der Waals surface area contributed by atoms with E-state index >= 15 is 0 Å². The third-order valence-electron chi connectivity index (χ3n) is 9.65. The topological polar surface area (TPSA) is 91.6 Å². The van der Waals surface area contributed by atoms with Gasteiger partial charge in [-0.25, -0.2) is 0 Å². The Morgan fingerprint density at radius 3 is 2.71 bits per heavy atom. The fourth-order valence-electron chi connectivity index (χ4n) is 7.70. The van der Waals surface area contributed by atoms with Gasteiger partial charge in [-0.3, -0.25) is 14.4 Å². The van der Waals surface area contributed by atoms with Crippen LogP contribution in [-0.2, 0) is 25.5 Å². The van der Waals surface area contributed by atoms with Gasteiger partial charge in [-0.15, -0.1) is 0 Å². The van der Waals surface area contributed by atoms with E-state index in [2.05, 4.69) is 55.4 Å². The number of hydrogen-bond acceptors (Lipinski definition) is 4. The summed E-state index contributed by atoms with van der Waals surface area (Å²) in [4.78, 5) is 44.4. The highest BCUT2D eigenvalue weighted by molar-refractivity contribution is 6.15. The van der Waals surface area contributed by atoms with E-state index in [1.54, 1.807) is 0 Å². The summed E-state index contributed by atoms with van der Waals surface area (Å²) in [5.74, 6) is -1.12. The molecule has 4 aliphatic rings. The summed E-state index contributed by atoms with van der Waals surface area (Å²) in [5.41, 5.74) is 1.44. The molecule has 38 heavy (non-hydrogen) atoms. The average Bonchev–Trinajstić information content (AvgIpc) is 3.28. The Balaban J connectivity index is 1.46. The van der Waals surface area contributed by atoms with Crippen molar-refractivity contribution in [2.24, 2.45) is 29.1 Å². The standard InChI is InChI=1S/C32H36N2O4/c1-18-8-7-10-24-29-31(4,38-29)20(3)28-26(16-21-17-33-25-11-6-5-9-23(21)25)34-30(37)32(24,28)27(36)13-12-22(35)15-19(2)14-18/h5-7,9-14,17-18,20,24,26,28-29,33H,8,15-16H2,1-4H3,(H,34,37)/b10-7+,13-12+,19-14+/t18-,20-,24?,26-,28-,29-,31+,32+/m0/s1. The van der Waals surface area contributed by atoms with Gasteiger partial charge in [0.25, 0.3) is 0 Å². The lowest BCUT2D eigenvalue weighted by molar-refractivity contribution is -0.145. The normalized spacial score (nSPS) is 41.9. The van der Waals surface area contributed by atoms with Gasteiger partial charge in [0.2, 0.25) is 5.91 Å². The number of aromatic nitrogens is 1. The average molecular weight is 513 g/mol. The Morgan fingerprint density at radius 1 is 1.11 bits per heavy atom. The molecule has 198 valence electrons. The molecule has 3 fully saturated rings. The van der Waals surface area contributed by atoms with Crippen molar-refractivity contribution >= 4 is 28.4 Å². The van der Waals surface area contributed by atoms with E-state index in [1.807, 2.05) is 31.3 Å². The molecular formula is C32H36N2O4. The molecule has 1 unspecified atom stereocenters. The molecule has 1 aromatic heterocycles. The maximum Gasteiger partial charge on any atom is 0.235 e. The number of para-hydroxylation sites is 1. The first-order valence-electron chi connectivity index (χ1n) is 13.8. The van der Waals surface area contributed by atoms with E-state index in [0.717, 1.165) is 28.5 Å². The minimum Gasteiger partial charge on any atom is -0.365 e. The molecule has 2 aromatic rings. The molecule has 2 aliphatic heterocycles. The fourth-order valence-corrected chi connectivity index (χ4v) is 7.70. The van der Waals surface area contributed by atoms with Crippen LogP contribution in [0, 0.1) is 29.1 Å². The number of ether oxygens (including phenoxy) is 1. The highest BCUT2D eigenvalue weighted by Gasteiger charge is 2.78. The molecule has 0 bridgehead atoms. The molecule has 2 saturated heterocycles. The molecule has 8 atom stereocenters. The summed E-state index contributed by atoms with van der Waals surface area (Å²) in [7, 11) is 0. The second-order valence-electron chi connectivity index (χ2n) is 12.1. The number of epoxide rings is 1. The third kappa shape index (κ3) is 3.68. The van der Waals surface area contributed by atoms with E-state index in [0.29, 0.717) is 6.42 Å². The second kappa shape index (κ2) is 8.91. The van der Waals surface area contributed by atoms with Crippen molar-refractivity contribution in [3.8, 4) is 0 Å². The molecule has 0 radical (unpaired) electrons. The summed E-state index contributed by atoms with van der Waals surface area (Å²) in [5, 5.41) is 4.39. The number of fused-ring (bicyclic) bond motifs is 3. The van der Waals surface area contributed by atoms with Gasteiger partial charge in [-0.2, -0.15) is 0 Å². The predicted molar refractivity (Wildman–Crippen MR) is 146 cm³/mol. The van der Waals surface area contributed by atoms with Gasteiger partial charge in [-0.05, 0) is 62.3 Å². The number of carbonyl (C=O) groups excluding carboxylic acids is 3. The zero-order valence-corrected chi connectivity index (χ0v) is 22.5. The van der Waals surface area contributed by atoms with Gasteiger partial charge in [0.05, 0.1) is 11.7 Å². The van der Waals surface area contributed by atoms with Crippen molar-refractivity contribution in [1.29, 1.82) is 0 Å². The monoisotopic (exact) mass is 512 g/mol. The number of nitrogens with one attached hydrogen (secondary N) is 2. The molecule has 3 heterocycles. The van der Waals surface area contributed by atoms with E-state index in [4.69, 9.17) is 4.74 Å². The van der Waals surface area contributed by atoms with E-state index in [-0.39, 0.29) is 53.8 Å². The summed E-state index contributed by atoms with van der Waals surface area (Å²) in [6.07, 6.45) is 12.5.